The summed E-state index contributed by atoms with van der Waals surface area (Å²) in [5.41, 5.74) is 3.37. The fourth-order valence-electron chi connectivity index (χ4n) is 4.95. The molecule has 37 heavy (non-hydrogen) atoms. The van der Waals surface area contributed by atoms with Crippen molar-refractivity contribution in [3.8, 4) is 5.69 Å². The van der Waals surface area contributed by atoms with Gasteiger partial charge >= 0.3 is 0 Å². The number of benzene rings is 1. The van der Waals surface area contributed by atoms with Gasteiger partial charge in [-0.1, -0.05) is 31.4 Å². The minimum absolute atomic E-state index is 0.0343. The predicted molar refractivity (Wildman–Crippen MR) is 143 cm³/mol. The van der Waals surface area contributed by atoms with Crippen molar-refractivity contribution >= 4 is 28.2 Å². The molecule has 3 aliphatic heterocycles. The lowest BCUT2D eigenvalue weighted by Gasteiger charge is -2.32. The number of ether oxygens (including phenoxy) is 1. The van der Waals surface area contributed by atoms with Gasteiger partial charge in [0.25, 0.3) is 11.8 Å². The van der Waals surface area contributed by atoms with Gasteiger partial charge in [-0.25, -0.2) is 4.68 Å². The highest BCUT2D eigenvalue weighted by atomic mass is 32.2. The Labute approximate surface area is 219 Å². The summed E-state index contributed by atoms with van der Waals surface area (Å²) < 4.78 is 20.2. The molecule has 0 N–H and O–H groups in total. The summed E-state index contributed by atoms with van der Waals surface area (Å²) in [6.07, 6.45) is 3.21. The van der Waals surface area contributed by atoms with Crippen molar-refractivity contribution in [3.63, 3.8) is 0 Å². The highest BCUT2D eigenvalue weighted by Crippen LogP contribution is 2.37. The monoisotopic (exact) mass is 521 g/mol. The van der Waals surface area contributed by atoms with Gasteiger partial charge in [-0.05, 0) is 25.2 Å². The Hall–Kier alpha value is -3.34. The number of nitrogens with zero attached hydrogens (tertiary/aromatic N) is 5. The third kappa shape index (κ3) is 4.72. The molecule has 194 valence electrons. The Kier molecular flexibility index (Phi) is 7.23. The van der Waals surface area contributed by atoms with Gasteiger partial charge in [0.1, 0.15) is 0 Å². The molecule has 2 saturated heterocycles. The summed E-state index contributed by atoms with van der Waals surface area (Å²) >= 11 is 0. The lowest BCUT2D eigenvalue weighted by Crippen LogP contribution is -2.47. The number of rotatable bonds is 5. The zero-order chi connectivity index (χ0) is 26.1. The second kappa shape index (κ2) is 10.6. The maximum absolute atomic E-state index is 13.5. The molecule has 0 radical (unpaired) electrons. The van der Waals surface area contributed by atoms with E-state index in [4.69, 9.17) is 9.84 Å². The van der Waals surface area contributed by atoms with Crippen molar-refractivity contribution in [2.24, 2.45) is 0 Å². The molecule has 1 atom stereocenters. The van der Waals surface area contributed by atoms with Crippen LogP contribution in [0.4, 0.5) is 0 Å². The van der Waals surface area contributed by atoms with Crippen molar-refractivity contribution < 1.29 is 18.5 Å². The molecule has 0 bridgehead atoms. The van der Waals surface area contributed by atoms with Crippen LogP contribution in [0.5, 0.6) is 0 Å². The highest BCUT2D eigenvalue weighted by Gasteiger charge is 2.34. The van der Waals surface area contributed by atoms with Crippen molar-refractivity contribution in [2.45, 2.75) is 5.75 Å². The van der Waals surface area contributed by atoms with Crippen LogP contribution in [0.3, 0.4) is 0 Å². The first-order valence-electron chi connectivity index (χ1n) is 12.4. The Morgan fingerprint density at radius 3 is 2.38 bits per heavy atom. The van der Waals surface area contributed by atoms with Gasteiger partial charge in [-0.15, -0.1) is 0 Å². The van der Waals surface area contributed by atoms with Gasteiger partial charge in [-0.3, -0.25) is 13.8 Å². The number of carbonyl (C=O) groups excluding carboxylic acids is 2. The highest BCUT2D eigenvalue weighted by molar-refractivity contribution is 7.88. The van der Waals surface area contributed by atoms with E-state index in [-0.39, 0.29) is 23.3 Å². The van der Waals surface area contributed by atoms with E-state index in [0.29, 0.717) is 72.4 Å². The van der Waals surface area contributed by atoms with Gasteiger partial charge in [0, 0.05) is 60.9 Å². The van der Waals surface area contributed by atoms with Crippen LogP contribution in [-0.4, -0.2) is 100 Å². The molecule has 10 heteroatoms. The summed E-state index contributed by atoms with van der Waals surface area (Å²) in [7, 11) is 0.664. The molecule has 1 aromatic heterocycles. The van der Waals surface area contributed by atoms with Crippen LogP contribution in [0.1, 0.15) is 32.1 Å². The summed E-state index contributed by atoms with van der Waals surface area (Å²) in [5, 5.41) is 4.76. The molecule has 2 fully saturated rings. The van der Waals surface area contributed by atoms with Gasteiger partial charge in [0.05, 0.1) is 41.1 Å². The first-order chi connectivity index (χ1) is 17.9. The number of morpholine rings is 1. The Bertz CT molecular complexity index is 1320. The van der Waals surface area contributed by atoms with E-state index >= 15 is 0 Å². The topological polar surface area (TPSA) is 88.0 Å². The van der Waals surface area contributed by atoms with Crippen LogP contribution < -0.4 is 0 Å². The molecule has 0 saturated carbocycles. The number of piperazine rings is 1. The third-order valence-electron chi connectivity index (χ3n) is 7.04. The minimum atomic E-state index is -1.39. The molecule has 0 spiro atoms. The van der Waals surface area contributed by atoms with E-state index in [1.165, 1.54) is 0 Å². The average molecular weight is 522 g/mol. The minimum Gasteiger partial charge on any atom is -0.378 e. The lowest BCUT2D eigenvalue weighted by atomic mass is 10.0. The molecule has 1 unspecified atom stereocenters. The number of hydrogen-bond donors (Lipinski definition) is 0. The molecule has 3 aliphatic rings. The van der Waals surface area contributed by atoms with Crippen molar-refractivity contribution in [3.05, 3.63) is 77.0 Å². The summed E-state index contributed by atoms with van der Waals surface area (Å²) in [6, 6.07) is 7.28. The quantitative estimate of drug-likeness (QED) is 0.599. The zero-order valence-electron chi connectivity index (χ0n) is 21.0. The molecule has 9 nitrogen and oxygen atoms in total. The van der Waals surface area contributed by atoms with E-state index in [2.05, 4.69) is 18.1 Å². The molecule has 5 rings (SSSR count). The molecule has 2 amide bonds. The smallest absolute Gasteiger partial charge is 0.274 e. The van der Waals surface area contributed by atoms with E-state index in [1.807, 2.05) is 24.1 Å². The van der Waals surface area contributed by atoms with Crippen LogP contribution in [0.2, 0.25) is 0 Å². The largest absolute Gasteiger partial charge is 0.378 e. The number of fused-ring (bicyclic) bond motifs is 1. The second-order valence-electron chi connectivity index (χ2n) is 9.31. The molecular formula is C27H31N5O4S. The number of carbonyl (C=O) groups is 2. The lowest BCUT2D eigenvalue weighted by molar-refractivity contribution is 0.0298. The number of amides is 2. The Balaban J connectivity index is 1.60. The normalized spacial score (nSPS) is 20.5. The molecule has 1 aromatic carbocycles. The van der Waals surface area contributed by atoms with Crippen molar-refractivity contribution in [2.75, 3.05) is 59.5 Å². The number of likely N-dealkylation sites (N-methyl/N-ethyl adjacent to an activating group) is 1. The predicted octanol–water partition coefficient (Wildman–Crippen LogP) is 2.08. The Morgan fingerprint density at radius 2 is 1.70 bits per heavy atom. The second-order valence-corrected chi connectivity index (χ2v) is 10.7. The molecular weight excluding hydrogens is 490 g/mol. The van der Waals surface area contributed by atoms with Gasteiger partial charge in [0.2, 0.25) is 0 Å². The number of hydrogen-bond acceptors (Lipinski definition) is 6. The average Bonchev–Trinajstić information content (AvgIpc) is 3.31. The fraction of sp³-hybridized carbons (Fsp3) is 0.370. The molecule has 4 heterocycles. The molecule has 0 aliphatic carbocycles. The fourth-order valence-corrected chi connectivity index (χ4v) is 6.25. The number of aromatic nitrogens is 2. The van der Waals surface area contributed by atoms with Gasteiger partial charge in [-0.2, -0.15) is 5.10 Å². The van der Waals surface area contributed by atoms with Crippen LogP contribution in [0, 0.1) is 0 Å². The van der Waals surface area contributed by atoms with Crippen LogP contribution in [-0.2, 0) is 21.3 Å². The Morgan fingerprint density at radius 1 is 1.00 bits per heavy atom. The van der Waals surface area contributed by atoms with Gasteiger partial charge in [0.15, 0.2) is 5.69 Å². The summed E-state index contributed by atoms with van der Waals surface area (Å²) in [4.78, 5) is 33.2. The van der Waals surface area contributed by atoms with Crippen molar-refractivity contribution in [1.29, 1.82) is 0 Å². The maximum atomic E-state index is 13.5. The first-order valence-corrected chi connectivity index (χ1v) is 13.7. The summed E-state index contributed by atoms with van der Waals surface area (Å²) in [6.45, 7) is 12.7. The first kappa shape index (κ1) is 25.3. The van der Waals surface area contributed by atoms with Crippen LogP contribution in [0.15, 0.2) is 54.5 Å². The van der Waals surface area contributed by atoms with E-state index in [1.54, 1.807) is 33.9 Å². The van der Waals surface area contributed by atoms with Crippen molar-refractivity contribution in [1.82, 2.24) is 24.5 Å². The van der Waals surface area contributed by atoms with E-state index in [9.17, 15) is 13.8 Å². The van der Waals surface area contributed by atoms with Gasteiger partial charge < -0.3 is 19.4 Å². The third-order valence-corrected chi connectivity index (χ3v) is 8.47. The zero-order valence-corrected chi connectivity index (χ0v) is 21.8. The SMILES string of the molecule is C=CC1=C(C=C)S(=O)Cc2c(C(=O)N3CCOCC3)nn(-c3cccc(C(=O)N4CCN(C)CC4)c3)c21. The standard InChI is InChI=1S/C27H31N5O4S/c1-4-21-23(5-2)37(35)18-22-24(27(34)31-13-15-36-16-14-31)28-32(25(21)22)20-8-6-7-19(17-20)26(33)30-11-9-29(3)10-12-30/h4-8,17H,1-2,9-16,18H2,3H3. The van der Waals surface area contributed by atoms with Crippen LogP contribution >= 0.6 is 0 Å². The van der Waals surface area contributed by atoms with E-state index < -0.39 is 10.8 Å². The van der Waals surface area contributed by atoms with E-state index in [0.717, 1.165) is 13.1 Å². The van der Waals surface area contributed by atoms with Crippen LogP contribution in [0.25, 0.3) is 11.3 Å². The molecule has 2 aromatic rings. The summed E-state index contributed by atoms with van der Waals surface area (Å²) in [5.74, 6) is -0.0993. The maximum Gasteiger partial charge on any atom is 0.274 e. The number of allylic oxidation sites excluding steroid dienone is 3.